The molecule has 0 atom stereocenters. The van der Waals surface area contributed by atoms with Crippen molar-refractivity contribution >= 4 is 11.8 Å². The molecule has 1 N–H and O–H groups in total. The zero-order chi connectivity index (χ0) is 13.4. The van der Waals surface area contributed by atoms with Crippen molar-refractivity contribution in [2.24, 2.45) is 0 Å². The Bertz CT molecular complexity index is 351. The molecule has 0 radical (unpaired) electrons. The van der Waals surface area contributed by atoms with E-state index < -0.39 is 11.6 Å². The van der Waals surface area contributed by atoms with Gasteiger partial charge in [-0.2, -0.15) is 11.8 Å². The van der Waals surface area contributed by atoms with Gasteiger partial charge in [0, 0.05) is 6.54 Å². The first-order valence-corrected chi connectivity index (χ1v) is 7.38. The molecule has 1 aromatic carbocycles. The van der Waals surface area contributed by atoms with Crippen LogP contribution in [0.3, 0.4) is 0 Å². The minimum absolute atomic E-state index is 0.267. The van der Waals surface area contributed by atoms with Gasteiger partial charge in [-0.15, -0.1) is 0 Å². The molecular formula is C13H19F2NOS. The summed E-state index contributed by atoms with van der Waals surface area (Å²) in [5, 5.41) is 3.02. The van der Waals surface area contributed by atoms with E-state index >= 15 is 0 Å². The number of halogens is 2. The third-order valence-corrected chi connectivity index (χ3v) is 3.07. The molecule has 0 fully saturated rings. The lowest BCUT2D eigenvalue weighted by molar-refractivity contribution is 0.285. The predicted molar refractivity (Wildman–Crippen MR) is 72.2 cm³/mol. The average Bonchev–Trinajstić information content (AvgIpc) is 2.34. The Morgan fingerprint density at radius 1 is 1.28 bits per heavy atom. The van der Waals surface area contributed by atoms with Crippen LogP contribution in [0, 0.1) is 11.6 Å². The zero-order valence-electron chi connectivity index (χ0n) is 10.8. The molecular weight excluding hydrogens is 256 g/mol. The number of nitrogens with one attached hydrogen (secondary N) is 1. The van der Waals surface area contributed by atoms with E-state index in [0.29, 0.717) is 18.7 Å². The third kappa shape index (κ3) is 4.82. The first-order valence-electron chi connectivity index (χ1n) is 5.99. The van der Waals surface area contributed by atoms with E-state index in [2.05, 4.69) is 5.32 Å². The van der Waals surface area contributed by atoms with Crippen molar-refractivity contribution in [1.82, 2.24) is 5.32 Å². The Morgan fingerprint density at radius 2 is 1.94 bits per heavy atom. The molecule has 18 heavy (non-hydrogen) atoms. The molecule has 0 spiro atoms. The second kappa shape index (κ2) is 8.32. The van der Waals surface area contributed by atoms with Crippen molar-refractivity contribution in [3.8, 4) is 5.75 Å². The Kier molecular flexibility index (Phi) is 7.05. The van der Waals surface area contributed by atoms with Crippen LogP contribution in [0.4, 0.5) is 8.78 Å². The van der Waals surface area contributed by atoms with Gasteiger partial charge < -0.3 is 10.1 Å². The summed E-state index contributed by atoms with van der Waals surface area (Å²) in [6.07, 6.45) is 2.76. The first kappa shape index (κ1) is 15.2. The molecule has 0 amide bonds. The van der Waals surface area contributed by atoms with Gasteiger partial charge in [0.2, 0.25) is 0 Å². The highest BCUT2D eigenvalue weighted by Gasteiger charge is 2.12. The van der Waals surface area contributed by atoms with Crippen LogP contribution in [-0.4, -0.2) is 25.2 Å². The molecule has 0 aliphatic carbocycles. The maximum Gasteiger partial charge on any atom is 0.190 e. The number of ether oxygens (including phenoxy) is 1. The predicted octanol–water partition coefficient (Wildman–Crippen LogP) is 3.21. The zero-order valence-corrected chi connectivity index (χ0v) is 11.6. The number of hydrogen-bond acceptors (Lipinski definition) is 3. The van der Waals surface area contributed by atoms with Crippen molar-refractivity contribution in [3.63, 3.8) is 0 Å². The van der Waals surface area contributed by atoms with Gasteiger partial charge in [-0.25, -0.2) is 8.78 Å². The number of benzene rings is 1. The minimum Gasteiger partial charge on any atom is -0.488 e. The standard InChI is InChI=1S/C13H19F2NOS/c1-3-16-9-10-7-11(14)13(12(15)8-10)17-5-4-6-18-2/h7-8,16H,3-6,9H2,1-2H3. The lowest BCUT2D eigenvalue weighted by atomic mass is 10.2. The van der Waals surface area contributed by atoms with Crippen LogP contribution in [0.1, 0.15) is 18.9 Å². The summed E-state index contributed by atoms with van der Waals surface area (Å²) in [4.78, 5) is 0. The fourth-order valence-corrected chi connectivity index (χ4v) is 1.91. The van der Waals surface area contributed by atoms with Gasteiger partial charge in [-0.3, -0.25) is 0 Å². The second-order valence-corrected chi connectivity index (χ2v) is 4.85. The average molecular weight is 275 g/mol. The maximum atomic E-state index is 13.6. The van der Waals surface area contributed by atoms with E-state index in [0.717, 1.165) is 18.7 Å². The Morgan fingerprint density at radius 3 is 2.50 bits per heavy atom. The fraction of sp³-hybridized carbons (Fsp3) is 0.538. The molecule has 0 bridgehead atoms. The van der Waals surface area contributed by atoms with Crippen molar-refractivity contribution < 1.29 is 13.5 Å². The van der Waals surface area contributed by atoms with Crippen molar-refractivity contribution in [3.05, 3.63) is 29.3 Å². The Balaban J connectivity index is 2.62. The lowest BCUT2D eigenvalue weighted by Crippen LogP contribution is -2.12. The molecule has 5 heteroatoms. The Hall–Kier alpha value is -0.810. The van der Waals surface area contributed by atoms with E-state index in [1.165, 1.54) is 12.1 Å². The third-order valence-electron chi connectivity index (χ3n) is 2.38. The number of rotatable bonds is 8. The van der Waals surface area contributed by atoms with Crippen molar-refractivity contribution in [2.75, 3.05) is 25.2 Å². The summed E-state index contributed by atoms with van der Waals surface area (Å²) in [7, 11) is 0. The van der Waals surface area contributed by atoms with Crippen LogP contribution in [0.2, 0.25) is 0 Å². The quantitative estimate of drug-likeness (QED) is 0.736. The van der Waals surface area contributed by atoms with Gasteiger partial charge in [0.05, 0.1) is 6.61 Å². The summed E-state index contributed by atoms with van der Waals surface area (Å²) in [5.41, 5.74) is 0.586. The highest BCUT2D eigenvalue weighted by Crippen LogP contribution is 2.23. The van der Waals surface area contributed by atoms with Gasteiger partial charge >= 0.3 is 0 Å². The van der Waals surface area contributed by atoms with Gasteiger partial charge in [-0.1, -0.05) is 6.92 Å². The SMILES string of the molecule is CCNCc1cc(F)c(OCCCSC)c(F)c1. The normalized spacial score (nSPS) is 10.7. The van der Waals surface area contributed by atoms with E-state index in [4.69, 9.17) is 4.74 Å². The van der Waals surface area contributed by atoms with Crippen LogP contribution >= 0.6 is 11.8 Å². The van der Waals surface area contributed by atoms with E-state index in [9.17, 15) is 8.78 Å². The first-order chi connectivity index (χ1) is 8.69. The van der Waals surface area contributed by atoms with Crippen LogP contribution < -0.4 is 10.1 Å². The van der Waals surface area contributed by atoms with Crippen molar-refractivity contribution in [1.29, 1.82) is 0 Å². The largest absolute Gasteiger partial charge is 0.488 e. The highest BCUT2D eigenvalue weighted by molar-refractivity contribution is 7.98. The van der Waals surface area contributed by atoms with Crippen LogP contribution in [0.5, 0.6) is 5.75 Å². The van der Waals surface area contributed by atoms with E-state index in [1.807, 2.05) is 13.2 Å². The molecule has 0 saturated heterocycles. The molecule has 0 aliphatic rings. The van der Waals surface area contributed by atoms with E-state index in [-0.39, 0.29) is 5.75 Å². The van der Waals surface area contributed by atoms with Gasteiger partial charge in [0.1, 0.15) is 0 Å². The van der Waals surface area contributed by atoms with Gasteiger partial charge in [0.15, 0.2) is 17.4 Å². The minimum atomic E-state index is -0.632. The lowest BCUT2D eigenvalue weighted by Gasteiger charge is -2.10. The van der Waals surface area contributed by atoms with Crippen LogP contribution in [0.25, 0.3) is 0 Å². The smallest absolute Gasteiger partial charge is 0.190 e. The topological polar surface area (TPSA) is 21.3 Å². The summed E-state index contributed by atoms with van der Waals surface area (Å²) in [6.45, 7) is 3.49. The van der Waals surface area contributed by atoms with E-state index in [1.54, 1.807) is 11.8 Å². The van der Waals surface area contributed by atoms with Gasteiger partial charge in [-0.05, 0) is 42.7 Å². The maximum absolute atomic E-state index is 13.6. The molecule has 102 valence electrons. The second-order valence-electron chi connectivity index (χ2n) is 3.86. The Labute approximate surface area is 111 Å². The summed E-state index contributed by atoms with van der Waals surface area (Å²) in [5.74, 6) is -0.614. The number of thioether (sulfide) groups is 1. The van der Waals surface area contributed by atoms with Crippen LogP contribution in [-0.2, 0) is 6.54 Å². The summed E-state index contributed by atoms with van der Waals surface area (Å²) >= 11 is 1.68. The molecule has 0 heterocycles. The molecule has 0 saturated carbocycles. The molecule has 1 aromatic rings. The summed E-state index contributed by atoms with van der Waals surface area (Å²) in [6, 6.07) is 2.63. The summed E-state index contributed by atoms with van der Waals surface area (Å²) < 4.78 is 32.4. The molecule has 0 aliphatic heterocycles. The highest BCUT2D eigenvalue weighted by atomic mass is 32.2. The van der Waals surface area contributed by atoms with Crippen molar-refractivity contribution in [2.45, 2.75) is 19.9 Å². The fourth-order valence-electron chi connectivity index (χ4n) is 1.50. The molecule has 0 unspecified atom stereocenters. The molecule has 0 aromatic heterocycles. The monoisotopic (exact) mass is 275 g/mol. The van der Waals surface area contributed by atoms with Gasteiger partial charge in [0.25, 0.3) is 0 Å². The molecule has 2 nitrogen and oxygen atoms in total. The number of hydrogen-bond donors (Lipinski definition) is 1. The van der Waals surface area contributed by atoms with Crippen LogP contribution in [0.15, 0.2) is 12.1 Å². The molecule has 1 rings (SSSR count).